The highest BCUT2D eigenvalue weighted by Crippen LogP contribution is 2.14. The number of hydrogen-bond acceptors (Lipinski definition) is 5. The molecule has 1 aliphatic heterocycles. The van der Waals surface area contributed by atoms with Crippen molar-refractivity contribution in [1.82, 2.24) is 9.62 Å². The summed E-state index contributed by atoms with van der Waals surface area (Å²) in [7, 11) is -3.80. The Kier molecular flexibility index (Phi) is 6.55. The molecule has 1 amide bonds. The minimum absolute atomic E-state index is 0.0905. The Morgan fingerprint density at radius 3 is 2.44 bits per heavy atom. The molecule has 0 aromatic heterocycles. The zero-order valence-corrected chi connectivity index (χ0v) is 15.4. The van der Waals surface area contributed by atoms with E-state index in [1.165, 1.54) is 6.07 Å². The second-order valence-electron chi connectivity index (χ2n) is 6.17. The molecule has 0 saturated carbocycles. The van der Waals surface area contributed by atoms with Crippen LogP contribution in [0, 0.1) is 13.8 Å². The highest BCUT2D eigenvalue weighted by molar-refractivity contribution is 7.89. The summed E-state index contributed by atoms with van der Waals surface area (Å²) in [6.07, 6.45) is 3.01. The number of piperidine rings is 1. The van der Waals surface area contributed by atoms with Crippen LogP contribution in [0.5, 0.6) is 0 Å². The van der Waals surface area contributed by atoms with Crippen molar-refractivity contribution in [3.05, 3.63) is 29.3 Å². The fraction of sp³-hybridized carbons (Fsp3) is 0.529. The maximum Gasteiger partial charge on any atom is 0.321 e. The highest BCUT2D eigenvalue weighted by atomic mass is 32.2. The molecular weight excluding hydrogens is 344 g/mol. The summed E-state index contributed by atoms with van der Waals surface area (Å²) in [6, 6.07) is 4.73. The molecule has 0 radical (unpaired) electrons. The molecule has 1 heterocycles. The lowest BCUT2D eigenvalue weighted by molar-refractivity contribution is -0.151. The Hall–Kier alpha value is -1.93. The van der Waals surface area contributed by atoms with Gasteiger partial charge in [-0.2, -0.15) is 4.72 Å². The molecule has 0 atom stereocenters. The molecule has 0 bridgehead atoms. The third kappa shape index (κ3) is 5.54. The second-order valence-corrected chi connectivity index (χ2v) is 7.94. The van der Waals surface area contributed by atoms with Gasteiger partial charge in [0, 0.05) is 13.1 Å². The van der Waals surface area contributed by atoms with E-state index in [1.54, 1.807) is 17.0 Å². The minimum Gasteiger partial charge on any atom is -0.455 e. The van der Waals surface area contributed by atoms with Gasteiger partial charge >= 0.3 is 5.97 Å². The monoisotopic (exact) mass is 368 g/mol. The Morgan fingerprint density at radius 2 is 1.80 bits per heavy atom. The number of sulfonamides is 1. The SMILES string of the molecule is Cc1ccc(S(=O)(=O)NCC(=O)OCC(=O)N2CCCCC2)cc1C. The van der Waals surface area contributed by atoms with Crippen LogP contribution in [-0.4, -0.2) is 51.4 Å². The molecule has 1 saturated heterocycles. The maximum atomic E-state index is 12.2. The standard InChI is InChI=1S/C17H24N2O5S/c1-13-6-7-15(10-14(13)2)25(22,23)18-11-17(21)24-12-16(20)19-8-4-3-5-9-19/h6-7,10,18H,3-5,8-9,11-12H2,1-2H3. The van der Waals surface area contributed by atoms with Crippen molar-refractivity contribution in [2.75, 3.05) is 26.2 Å². The maximum absolute atomic E-state index is 12.2. The van der Waals surface area contributed by atoms with E-state index in [1.807, 2.05) is 13.8 Å². The summed E-state index contributed by atoms with van der Waals surface area (Å²) < 4.78 is 31.5. The van der Waals surface area contributed by atoms with E-state index in [4.69, 9.17) is 4.74 Å². The molecule has 1 fully saturated rings. The molecule has 0 spiro atoms. The van der Waals surface area contributed by atoms with Gasteiger partial charge in [0.1, 0.15) is 6.54 Å². The number of hydrogen-bond donors (Lipinski definition) is 1. The van der Waals surface area contributed by atoms with Gasteiger partial charge in [-0.1, -0.05) is 6.07 Å². The van der Waals surface area contributed by atoms with E-state index >= 15 is 0 Å². The van der Waals surface area contributed by atoms with Crippen molar-refractivity contribution in [3.63, 3.8) is 0 Å². The summed E-state index contributed by atoms with van der Waals surface area (Å²) in [5, 5.41) is 0. The molecule has 138 valence electrons. The van der Waals surface area contributed by atoms with Crippen LogP contribution in [0.4, 0.5) is 0 Å². The van der Waals surface area contributed by atoms with E-state index in [-0.39, 0.29) is 17.4 Å². The molecule has 1 aromatic carbocycles. The van der Waals surface area contributed by atoms with Crippen molar-refractivity contribution in [2.45, 2.75) is 38.0 Å². The molecule has 8 heteroatoms. The lowest BCUT2D eigenvalue weighted by atomic mass is 10.1. The number of nitrogens with one attached hydrogen (secondary N) is 1. The predicted molar refractivity (Wildman–Crippen MR) is 92.5 cm³/mol. The van der Waals surface area contributed by atoms with Gasteiger partial charge in [-0.05, 0) is 56.4 Å². The largest absolute Gasteiger partial charge is 0.455 e. The number of amides is 1. The molecular formula is C17H24N2O5S. The first-order valence-electron chi connectivity index (χ1n) is 8.30. The number of aryl methyl sites for hydroxylation is 2. The Morgan fingerprint density at radius 1 is 1.12 bits per heavy atom. The summed E-state index contributed by atoms with van der Waals surface area (Å²) >= 11 is 0. The summed E-state index contributed by atoms with van der Waals surface area (Å²) in [5.74, 6) is -1.03. The van der Waals surface area contributed by atoms with E-state index in [2.05, 4.69) is 4.72 Å². The van der Waals surface area contributed by atoms with E-state index in [9.17, 15) is 18.0 Å². The van der Waals surface area contributed by atoms with E-state index in [0.29, 0.717) is 13.1 Å². The number of esters is 1. The van der Waals surface area contributed by atoms with Gasteiger partial charge in [-0.25, -0.2) is 8.42 Å². The van der Waals surface area contributed by atoms with Crippen LogP contribution >= 0.6 is 0 Å². The van der Waals surface area contributed by atoms with Gasteiger partial charge in [0.05, 0.1) is 4.90 Å². The molecule has 0 aliphatic carbocycles. The topological polar surface area (TPSA) is 92.8 Å². The lowest BCUT2D eigenvalue weighted by Gasteiger charge is -2.26. The number of ether oxygens (including phenoxy) is 1. The van der Waals surface area contributed by atoms with Gasteiger partial charge in [-0.15, -0.1) is 0 Å². The Bertz CT molecular complexity index is 739. The zero-order valence-electron chi connectivity index (χ0n) is 14.6. The summed E-state index contributed by atoms with van der Waals surface area (Å²) in [6.45, 7) is 4.18. The van der Waals surface area contributed by atoms with Crippen molar-refractivity contribution in [1.29, 1.82) is 0 Å². The number of benzene rings is 1. The van der Waals surface area contributed by atoms with Crippen molar-refractivity contribution >= 4 is 21.9 Å². The molecule has 25 heavy (non-hydrogen) atoms. The van der Waals surface area contributed by atoms with Crippen molar-refractivity contribution in [2.24, 2.45) is 0 Å². The van der Waals surface area contributed by atoms with E-state index < -0.39 is 22.5 Å². The number of rotatable bonds is 6. The van der Waals surface area contributed by atoms with Gasteiger partial charge < -0.3 is 9.64 Å². The molecule has 7 nitrogen and oxygen atoms in total. The van der Waals surface area contributed by atoms with Gasteiger partial charge in [0.25, 0.3) is 5.91 Å². The molecule has 1 aromatic rings. The average Bonchev–Trinajstić information content (AvgIpc) is 2.61. The predicted octanol–water partition coefficient (Wildman–Crippen LogP) is 1.14. The second kappa shape index (κ2) is 8.44. The summed E-state index contributed by atoms with van der Waals surface area (Å²) in [4.78, 5) is 25.4. The van der Waals surface area contributed by atoms with Crippen molar-refractivity contribution < 1.29 is 22.7 Å². The normalized spacial score (nSPS) is 15.0. The van der Waals surface area contributed by atoms with Crippen LogP contribution in [0.25, 0.3) is 0 Å². The van der Waals surface area contributed by atoms with Crippen LogP contribution in [-0.2, 0) is 24.3 Å². The number of nitrogens with zero attached hydrogens (tertiary/aromatic N) is 1. The number of carbonyl (C=O) groups is 2. The van der Waals surface area contributed by atoms with Crippen molar-refractivity contribution in [3.8, 4) is 0 Å². The smallest absolute Gasteiger partial charge is 0.321 e. The first kappa shape index (κ1) is 19.4. The quantitative estimate of drug-likeness (QED) is 0.760. The summed E-state index contributed by atoms with van der Waals surface area (Å²) in [5.41, 5.74) is 1.83. The molecule has 2 rings (SSSR count). The van der Waals surface area contributed by atoms with Crippen LogP contribution in [0.3, 0.4) is 0 Å². The average molecular weight is 368 g/mol. The fourth-order valence-corrected chi connectivity index (χ4v) is 3.60. The molecule has 0 unspecified atom stereocenters. The number of carbonyl (C=O) groups excluding carboxylic acids is 2. The Labute approximate surface area is 148 Å². The zero-order chi connectivity index (χ0) is 18.4. The molecule has 1 N–H and O–H groups in total. The van der Waals surface area contributed by atoms with Crippen LogP contribution in [0.2, 0.25) is 0 Å². The van der Waals surface area contributed by atoms with E-state index in [0.717, 1.165) is 30.4 Å². The highest BCUT2D eigenvalue weighted by Gasteiger charge is 2.20. The van der Waals surface area contributed by atoms with Crippen LogP contribution < -0.4 is 4.72 Å². The van der Waals surface area contributed by atoms with Crippen LogP contribution in [0.15, 0.2) is 23.1 Å². The first-order valence-corrected chi connectivity index (χ1v) is 9.78. The fourth-order valence-electron chi connectivity index (χ4n) is 2.55. The van der Waals surface area contributed by atoms with Gasteiger partial charge in [0.15, 0.2) is 6.61 Å². The minimum atomic E-state index is -3.80. The van der Waals surface area contributed by atoms with Crippen LogP contribution in [0.1, 0.15) is 30.4 Å². The third-order valence-electron chi connectivity index (χ3n) is 4.26. The molecule has 1 aliphatic rings. The first-order chi connectivity index (χ1) is 11.8. The number of likely N-dealkylation sites (tertiary alicyclic amines) is 1. The van der Waals surface area contributed by atoms with Gasteiger partial charge in [0.2, 0.25) is 10.0 Å². The Balaban J connectivity index is 1.82. The third-order valence-corrected chi connectivity index (χ3v) is 5.66. The lowest BCUT2D eigenvalue weighted by Crippen LogP contribution is -2.39. The van der Waals surface area contributed by atoms with Gasteiger partial charge in [-0.3, -0.25) is 9.59 Å².